The van der Waals surface area contributed by atoms with Crippen molar-refractivity contribution in [1.29, 1.82) is 0 Å². The van der Waals surface area contributed by atoms with Crippen LogP contribution in [0.25, 0.3) is 195 Å². The van der Waals surface area contributed by atoms with E-state index in [9.17, 15) is 0 Å². The molecule has 0 radical (unpaired) electrons. The van der Waals surface area contributed by atoms with Crippen LogP contribution in [0.4, 0.5) is 0 Å². The molecule has 9 nitrogen and oxygen atoms in total. The molecule has 24 aromatic rings. The van der Waals surface area contributed by atoms with E-state index in [-0.39, 0.29) is 0 Å². The maximum absolute atomic E-state index is 4.96. The maximum Gasteiger partial charge on any atom is 0.195 e. The van der Waals surface area contributed by atoms with Gasteiger partial charge in [-0.15, -0.1) is 0 Å². The number of benzene rings is 15. The van der Waals surface area contributed by atoms with E-state index in [4.69, 9.17) is 15.0 Å². The molecule has 0 saturated carbocycles. The van der Waals surface area contributed by atoms with Gasteiger partial charge >= 0.3 is 0 Å². The second-order valence-corrected chi connectivity index (χ2v) is 30.9. The fourth-order valence-electron chi connectivity index (χ4n) is 16.9. The molecule has 0 bridgehead atoms. The van der Waals surface area contributed by atoms with Crippen molar-refractivity contribution in [2.75, 3.05) is 0 Å². The highest BCUT2D eigenvalue weighted by atomic mass is 32.1. The van der Waals surface area contributed by atoms with E-state index in [1.807, 2.05) is 18.6 Å². The molecular weight excluding hydrogens is 1410 g/mol. The fraction of sp³-hybridized carbons (Fsp3) is 0. The standard InChI is InChI=1S/3C33H21N3S/c1-3-11-22(12-4-1)32-21-34-33(37-32)36-29-18-10-8-16-25(29)27-19-30-26(20-31(27)36)24-15-7-9-17-28(24)35(30)23-13-5-2-6-14-23;1-3-11-22(12-4-1)30-21-34-33(37-30)36-27-17-9-7-15-24(27)25-19-20-29-31(32(25)36)26-16-8-10-18-28(26)35(29)23-13-5-2-6-14-23;1-3-11-22(12-4-1)30-21-34-33(37-30)36-28-18-10-8-16-26(28)31-29(36)20-19-25-24-15-7-9-17-27(24)35(32(25)31)23-13-5-2-6-14-23/h3*1-21H. The van der Waals surface area contributed by atoms with Gasteiger partial charge in [0, 0.05) is 100 Å². The first-order valence-corrected chi connectivity index (χ1v) is 39.7. The van der Waals surface area contributed by atoms with Crippen molar-refractivity contribution in [3.63, 3.8) is 0 Å². The molecule has 9 heterocycles. The predicted molar refractivity (Wildman–Crippen MR) is 469 cm³/mol. The van der Waals surface area contributed by atoms with Crippen molar-refractivity contribution < 1.29 is 0 Å². The summed E-state index contributed by atoms with van der Waals surface area (Å²) >= 11 is 5.20. The fourth-order valence-corrected chi connectivity index (χ4v) is 19.8. The van der Waals surface area contributed by atoms with Crippen molar-refractivity contribution in [3.05, 3.63) is 383 Å². The highest BCUT2D eigenvalue weighted by Crippen LogP contribution is 2.47. The summed E-state index contributed by atoms with van der Waals surface area (Å²) in [6.07, 6.45) is 5.99. The molecule has 0 aliphatic heterocycles. The molecular formula is C99H63N9S3. The summed E-state index contributed by atoms with van der Waals surface area (Å²) in [5, 5.41) is 17.9. The van der Waals surface area contributed by atoms with Crippen LogP contribution in [-0.2, 0) is 0 Å². The zero-order valence-electron chi connectivity index (χ0n) is 59.6. The van der Waals surface area contributed by atoms with Gasteiger partial charge in [0.25, 0.3) is 0 Å². The Morgan fingerprint density at radius 1 is 0.180 bits per heavy atom. The summed E-state index contributed by atoms with van der Waals surface area (Å²) in [5.74, 6) is 0. The third kappa shape index (κ3) is 10.4. The van der Waals surface area contributed by atoms with Crippen LogP contribution < -0.4 is 0 Å². The van der Waals surface area contributed by atoms with Crippen LogP contribution in [0.5, 0.6) is 0 Å². The SMILES string of the molecule is c1ccc(-c2cnc(-n3c4ccccc4c4c3ccc3c5ccccc5n(-c5ccccc5)c34)s2)cc1.c1ccc(-c2cnc(-n3c4ccccc4c4cc5c(cc43)c3ccccc3n5-c3ccccc3)s2)cc1.c1ccc(-c2cnc(-n3c4ccccc4c4ccc5c(c6ccccc6n5-c5ccccc5)c43)s2)cc1. The zero-order chi connectivity index (χ0) is 73.0. The van der Waals surface area contributed by atoms with Gasteiger partial charge in [-0.25, -0.2) is 15.0 Å². The number of aromatic nitrogens is 9. The molecule has 0 fully saturated rings. The van der Waals surface area contributed by atoms with Gasteiger partial charge in [-0.05, 0) is 114 Å². The molecule has 15 aromatic carbocycles. The van der Waals surface area contributed by atoms with Gasteiger partial charge in [0.15, 0.2) is 15.4 Å². The minimum Gasteiger partial charge on any atom is -0.309 e. The first-order valence-electron chi connectivity index (χ1n) is 37.2. The molecule has 12 heteroatoms. The number of para-hydroxylation sites is 9. The van der Waals surface area contributed by atoms with Crippen molar-refractivity contribution in [2.45, 2.75) is 0 Å². The molecule has 0 amide bonds. The number of nitrogens with zero attached hydrogens (tertiary/aromatic N) is 9. The van der Waals surface area contributed by atoms with Crippen LogP contribution in [0.1, 0.15) is 0 Å². The molecule has 0 aliphatic carbocycles. The van der Waals surface area contributed by atoms with Crippen LogP contribution in [0.2, 0.25) is 0 Å². The Kier molecular flexibility index (Phi) is 15.3. The Morgan fingerprint density at radius 2 is 0.441 bits per heavy atom. The van der Waals surface area contributed by atoms with Crippen LogP contribution in [0, 0.1) is 0 Å². The normalized spacial score (nSPS) is 11.8. The molecule has 0 saturated heterocycles. The van der Waals surface area contributed by atoms with E-state index in [1.165, 1.54) is 174 Å². The molecule has 522 valence electrons. The summed E-state index contributed by atoms with van der Waals surface area (Å²) < 4.78 is 14.2. The molecule has 0 N–H and O–H groups in total. The van der Waals surface area contributed by atoms with E-state index >= 15 is 0 Å². The average Bonchev–Trinajstić information content (AvgIpc) is 1.56. The van der Waals surface area contributed by atoms with Gasteiger partial charge in [0.1, 0.15) is 0 Å². The van der Waals surface area contributed by atoms with Crippen molar-refractivity contribution >= 4 is 165 Å². The Morgan fingerprint density at radius 3 is 0.856 bits per heavy atom. The Hall–Kier alpha value is -14.0. The smallest absolute Gasteiger partial charge is 0.195 e. The molecule has 0 spiro atoms. The van der Waals surface area contributed by atoms with Gasteiger partial charge in [-0.3, -0.25) is 13.7 Å². The Balaban J connectivity index is 0.000000102. The second-order valence-electron chi connectivity index (χ2n) is 27.8. The van der Waals surface area contributed by atoms with E-state index in [1.54, 1.807) is 34.0 Å². The minimum absolute atomic E-state index is 0.978. The topological polar surface area (TPSA) is 68.2 Å². The lowest BCUT2D eigenvalue weighted by Gasteiger charge is -2.09. The minimum atomic E-state index is 0.978. The van der Waals surface area contributed by atoms with E-state index < -0.39 is 0 Å². The first-order chi connectivity index (χ1) is 55.1. The second kappa shape index (κ2) is 26.4. The highest BCUT2D eigenvalue weighted by Gasteiger charge is 2.26. The Bertz CT molecular complexity index is 7690. The highest BCUT2D eigenvalue weighted by molar-refractivity contribution is 7.18. The molecule has 111 heavy (non-hydrogen) atoms. The first kappa shape index (κ1) is 64.2. The number of hydrogen-bond acceptors (Lipinski definition) is 6. The third-order valence-corrected chi connectivity index (χ3v) is 24.8. The molecule has 9 aromatic heterocycles. The lowest BCUT2D eigenvalue weighted by Crippen LogP contribution is -1.94. The number of thiazole rings is 3. The average molecular weight is 1470 g/mol. The van der Waals surface area contributed by atoms with Crippen LogP contribution in [0.15, 0.2) is 383 Å². The van der Waals surface area contributed by atoms with Gasteiger partial charge in [0.05, 0.1) is 80.8 Å². The summed E-state index contributed by atoms with van der Waals surface area (Å²) in [4.78, 5) is 18.3. The lowest BCUT2D eigenvalue weighted by atomic mass is 10.1. The summed E-state index contributed by atoms with van der Waals surface area (Å²) in [6.45, 7) is 0. The maximum atomic E-state index is 4.96. The van der Waals surface area contributed by atoms with Crippen LogP contribution >= 0.6 is 34.0 Å². The number of rotatable bonds is 9. The Labute approximate surface area is 648 Å². The molecule has 24 rings (SSSR count). The van der Waals surface area contributed by atoms with Gasteiger partial charge in [-0.1, -0.05) is 301 Å². The number of hydrogen-bond donors (Lipinski definition) is 0. The monoisotopic (exact) mass is 1470 g/mol. The summed E-state index contributed by atoms with van der Waals surface area (Å²) in [5.41, 5.74) is 21.4. The number of fused-ring (bicyclic) bond motifs is 20. The van der Waals surface area contributed by atoms with Gasteiger partial charge in [-0.2, -0.15) is 0 Å². The van der Waals surface area contributed by atoms with E-state index in [0.717, 1.165) is 21.1 Å². The quantitative estimate of drug-likeness (QED) is 0.145. The molecule has 0 atom stereocenters. The van der Waals surface area contributed by atoms with Crippen molar-refractivity contribution in [2.24, 2.45) is 0 Å². The van der Waals surface area contributed by atoms with E-state index in [2.05, 4.69) is 391 Å². The zero-order valence-corrected chi connectivity index (χ0v) is 62.1. The largest absolute Gasteiger partial charge is 0.309 e. The lowest BCUT2D eigenvalue weighted by molar-refractivity contribution is 1.13. The summed E-state index contributed by atoms with van der Waals surface area (Å²) in [6, 6.07) is 129. The van der Waals surface area contributed by atoms with E-state index in [0.29, 0.717) is 0 Å². The predicted octanol–water partition coefficient (Wildman–Crippen LogP) is 27.0. The van der Waals surface area contributed by atoms with Crippen molar-refractivity contribution in [1.82, 2.24) is 42.4 Å². The van der Waals surface area contributed by atoms with Crippen molar-refractivity contribution in [3.8, 4) is 63.8 Å². The van der Waals surface area contributed by atoms with Crippen LogP contribution in [0.3, 0.4) is 0 Å². The van der Waals surface area contributed by atoms with Gasteiger partial charge in [0.2, 0.25) is 0 Å². The third-order valence-electron chi connectivity index (χ3n) is 21.7. The van der Waals surface area contributed by atoms with Crippen LogP contribution in [-0.4, -0.2) is 42.4 Å². The molecule has 0 aliphatic rings. The molecule has 0 unspecified atom stereocenters. The van der Waals surface area contributed by atoms with Gasteiger partial charge < -0.3 is 13.7 Å². The summed E-state index contributed by atoms with van der Waals surface area (Å²) in [7, 11) is 0.